The van der Waals surface area contributed by atoms with E-state index in [-0.39, 0.29) is 31.1 Å². The maximum absolute atomic E-state index is 14.2. The number of carboxylic acids is 1. The lowest BCUT2D eigenvalue weighted by molar-refractivity contribution is -0.146. The molecule has 1 atom stereocenters. The highest BCUT2D eigenvalue weighted by Crippen LogP contribution is 2.29. The Hall–Kier alpha value is -2.48. The zero-order valence-electron chi connectivity index (χ0n) is 15.2. The minimum atomic E-state index is -1.11. The second-order valence-electron chi connectivity index (χ2n) is 6.82. The van der Waals surface area contributed by atoms with Gasteiger partial charge in [0.15, 0.2) is 0 Å². The predicted octanol–water partition coefficient (Wildman–Crippen LogP) is 0.962. The van der Waals surface area contributed by atoms with E-state index in [1.165, 1.54) is 21.9 Å². The molecule has 0 unspecified atom stereocenters. The molecule has 2 rings (SSSR count). The largest absolute Gasteiger partial charge is 0.480 e. The van der Waals surface area contributed by atoms with Gasteiger partial charge in [-0.3, -0.25) is 14.4 Å². The fourth-order valence-electron chi connectivity index (χ4n) is 2.95. The molecule has 1 aliphatic heterocycles. The zero-order valence-corrected chi connectivity index (χ0v) is 15.2. The van der Waals surface area contributed by atoms with Crippen molar-refractivity contribution in [3.05, 3.63) is 29.6 Å². The van der Waals surface area contributed by atoms with Crippen molar-refractivity contribution in [2.45, 2.75) is 13.3 Å². The summed E-state index contributed by atoms with van der Waals surface area (Å²) >= 11 is 0. The zero-order chi connectivity index (χ0) is 19.4. The summed E-state index contributed by atoms with van der Waals surface area (Å²) in [7, 11) is 3.65. The molecule has 0 bridgehead atoms. The van der Waals surface area contributed by atoms with Crippen LogP contribution in [0.3, 0.4) is 0 Å². The molecule has 0 saturated carbocycles. The maximum Gasteiger partial charge on any atom is 0.323 e. The first-order valence-corrected chi connectivity index (χ1v) is 8.41. The van der Waals surface area contributed by atoms with Crippen molar-refractivity contribution < 1.29 is 23.9 Å². The molecule has 7 nitrogen and oxygen atoms in total. The SMILES string of the molecule is Cc1ccc(N2C[C@H](C(=O)N(CCN(C)C)CC(=O)O)CC2=O)c(F)c1. The molecule has 8 heteroatoms. The first kappa shape index (κ1) is 19.8. The monoisotopic (exact) mass is 365 g/mol. The molecule has 0 spiro atoms. The van der Waals surface area contributed by atoms with Gasteiger partial charge in [-0.05, 0) is 38.7 Å². The number of carboxylic acid groups (broad SMARTS) is 1. The van der Waals surface area contributed by atoms with E-state index in [0.717, 1.165) is 5.56 Å². The molecule has 1 N–H and O–H groups in total. The molecule has 1 saturated heterocycles. The first-order chi connectivity index (χ1) is 12.2. The summed E-state index contributed by atoms with van der Waals surface area (Å²) in [5.74, 6) is -3.03. The predicted molar refractivity (Wildman–Crippen MR) is 94.4 cm³/mol. The average molecular weight is 365 g/mol. The van der Waals surface area contributed by atoms with E-state index in [4.69, 9.17) is 5.11 Å². The number of benzene rings is 1. The molecular weight excluding hydrogens is 341 g/mol. The highest BCUT2D eigenvalue weighted by atomic mass is 19.1. The molecule has 1 aromatic carbocycles. The van der Waals surface area contributed by atoms with Crippen LogP contribution in [0.2, 0.25) is 0 Å². The van der Waals surface area contributed by atoms with Crippen molar-refractivity contribution in [2.75, 3.05) is 45.2 Å². The lowest BCUT2D eigenvalue weighted by atomic mass is 10.1. The second kappa shape index (κ2) is 8.27. The quantitative estimate of drug-likeness (QED) is 0.779. The number of anilines is 1. The standard InChI is InChI=1S/C18H24FN3O4/c1-12-4-5-15(14(19)8-12)22-10-13(9-16(22)23)18(26)21(11-17(24)25)7-6-20(2)3/h4-5,8,13H,6-7,9-11H2,1-3H3,(H,24,25)/t13-/m1/s1. The highest BCUT2D eigenvalue weighted by molar-refractivity contribution is 6.00. The van der Waals surface area contributed by atoms with E-state index in [2.05, 4.69) is 0 Å². The Morgan fingerprint density at radius 2 is 2.00 bits per heavy atom. The van der Waals surface area contributed by atoms with Gasteiger partial charge in [0.05, 0.1) is 11.6 Å². The Morgan fingerprint density at radius 3 is 2.58 bits per heavy atom. The minimum absolute atomic E-state index is 0.0513. The fourth-order valence-corrected chi connectivity index (χ4v) is 2.95. The molecule has 1 fully saturated rings. The number of hydrogen-bond acceptors (Lipinski definition) is 4. The summed E-state index contributed by atoms with van der Waals surface area (Å²) in [4.78, 5) is 40.4. The molecule has 0 radical (unpaired) electrons. The van der Waals surface area contributed by atoms with Crippen LogP contribution in [0.4, 0.5) is 10.1 Å². The van der Waals surface area contributed by atoms with Gasteiger partial charge in [0, 0.05) is 26.1 Å². The van der Waals surface area contributed by atoms with Crippen LogP contribution in [-0.2, 0) is 14.4 Å². The van der Waals surface area contributed by atoms with Crippen molar-refractivity contribution in [3.63, 3.8) is 0 Å². The van der Waals surface area contributed by atoms with Gasteiger partial charge in [-0.2, -0.15) is 0 Å². The van der Waals surface area contributed by atoms with E-state index in [9.17, 15) is 18.8 Å². The lowest BCUT2D eigenvalue weighted by Crippen LogP contribution is -2.43. The number of halogens is 1. The summed E-state index contributed by atoms with van der Waals surface area (Å²) in [6.45, 7) is 2.14. The van der Waals surface area contributed by atoms with Crippen LogP contribution in [0, 0.1) is 18.7 Å². The number of likely N-dealkylation sites (N-methyl/N-ethyl adjacent to an activating group) is 1. The number of carbonyl (C=O) groups is 3. The molecule has 26 heavy (non-hydrogen) atoms. The van der Waals surface area contributed by atoms with Gasteiger partial charge in [0.1, 0.15) is 12.4 Å². The Kier molecular flexibility index (Phi) is 6.31. The van der Waals surface area contributed by atoms with Crippen LogP contribution < -0.4 is 4.90 Å². The number of aryl methyl sites for hydroxylation is 1. The fraction of sp³-hybridized carbons (Fsp3) is 0.500. The molecular formula is C18H24FN3O4. The van der Waals surface area contributed by atoms with E-state index < -0.39 is 30.2 Å². The molecule has 1 heterocycles. The van der Waals surface area contributed by atoms with Crippen molar-refractivity contribution in [1.29, 1.82) is 0 Å². The second-order valence-corrected chi connectivity index (χ2v) is 6.82. The maximum atomic E-state index is 14.2. The highest BCUT2D eigenvalue weighted by Gasteiger charge is 2.38. The number of carbonyl (C=O) groups excluding carboxylic acids is 2. The smallest absolute Gasteiger partial charge is 0.323 e. The average Bonchev–Trinajstić information content (AvgIpc) is 2.92. The summed E-state index contributed by atoms with van der Waals surface area (Å²) < 4.78 is 14.2. The summed E-state index contributed by atoms with van der Waals surface area (Å²) in [5.41, 5.74) is 0.885. The number of amides is 2. The van der Waals surface area contributed by atoms with Gasteiger partial charge in [-0.1, -0.05) is 6.07 Å². The van der Waals surface area contributed by atoms with Crippen LogP contribution >= 0.6 is 0 Å². The van der Waals surface area contributed by atoms with Crippen LogP contribution in [0.5, 0.6) is 0 Å². The Balaban J connectivity index is 2.13. The molecule has 142 valence electrons. The number of aliphatic carboxylic acids is 1. The van der Waals surface area contributed by atoms with Gasteiger partial charge in [0.2, 0.25) is 11.8 Å². The number of rotatable bonds is 7. The first-order valence-electron chi connectivity index (χ1n) is 8.41. The van der Waals surface area contributed by atoms with E-state index in [0.29, 0.717) is 6.54 Å². The van der Waals surface area contributed by atoms with Crippen LogP contribution in [-0.4, -0.2) is 73.0 Å². The van der Waals surface area contributed by atoms with Crippen LogP contribution in [0.1, 0.15) is 12.0 Å². The van der Waals surface area contributed by atoms with E-state index >= 15 is 0 Å². The Bertz CT molecular complexity index is 708. The minimum Gasteiger partial charge on any atom is -0.480 e. The third-order valence-corrected chi connectivity index (χ3v) is 4.32. The Morgan fingerprint density at radius 1 is 1.31 bits per heavy atom. The summed E-state index contributed by atoms with van der Waals surface area (Å²) in [5, 5.41) is 9.05. The van der Waals surface area contributed by atoms with Crippen molar-refractivity contribution in [1.82, 2.24) is 9.80 Å². The van der Waals surface area contributed by atoms with Crippen LogP contribution in [0.25, 0.3) is 0 Å². The third kappa shape index (κ3) is 4.78. The number of hydrogen-bond donors (Lipinski definition) is 1. The Labute approximate surface area is 152 Å². The van der Waals surface area contributed by atoms with Crippen molar-refractivity contribution in [2.24, 2.45) is 5.92 Å². The van der Waals surface area contributed by atoms with Crippen LogP contribution in [0.15, 0.2) is 18.2 Å². The molecule has 1 aliphatic rings. The number of nitrogens with zero attached hydrogens (tertiary/aromatic N) is 3. The summed E-state index contributed by atoms with van der Waals surface area (Å²) in [6.07, 6.45) is -0.0514. The van der Waals surface area contributed by atoms with Gasteiger partial charge < -0.3 is 19.8 Å². The third-order valence-electron chi connectivity index (χ3n) is 4.32. The van der Waals surface area contributed by atoms with E-state index in [1.54, 1.807) is 13.0 Å². The summed E-state index contributed by atoms with van der Waals surface area (Å²) in [6, 6.07) is 4.57. The van der Waals surface area contributed by atoms with Crippen molar-refractivity contribution in [3.8, 4) is 0 Å². The van der Waals surface area contributed by atoms with Gasteiger partial charge in [0.25, 0.3) is 0 Å². The van der Waals surface area contributed by atoms with Gasteiger partial charge in [-0.25, -0.2) is 4.39 Å². The van der Waals surface area contributed by atoms with Crippen molar-refractivity contribution >= 4 is 23.5 Å². The lowest BCUT2D eigenvalue weighted by Gasteiger charge is -2.25. The molecule has 2 amide bonds. The molecule has 0 aromatic heterocycles. The molecule has 0 aliphatic carbocycles. The van der Waals surface area contributed by atoms with Gasteiger partial charge >= 0.3 is 5.97 Å². The normalized spacial score (nSPS) is 17.0. The topological polar surface area (TPSA) is 81.2 Å². The molecule has 1 aromatic rings. The van der Waals surface area contributed by atoms with E-state index in [1.807, 2.05) is 19.0 Å². The van der Waals surface area contributed by atoms with Gasteiger partial charge in [-0.15, -0.1) is 0 Å².